The molecule has 0 aromatic carbocycles. The highest BCUT2D eigenvalue weighted by Crippen LogP contribution is 2.40. The molecule has 0 aromatic heterocycles. The molecular weight excluding hydrogens is 208 g/mol. The summed E-state index contributed by atoms with van der Waals surface area (Å²) in [6.07, 6.45) is 15.0. The van der Waals surface area contributed by atoms with Gasteiger partial charge < -0.3 is 5.11 Å². The fourth-order valence-electron chi connectivity index (χ4n) is 4.01. The van der Waals surface area contributed by atoms with E-state index >= 15 is 0 Å². The minimum Gasteiger partial charge on any atom is -0.393 e. The summed E-state index contributed by atoms with van der Waals surface area (Å²) in [5.74, 6) is 2.99. The number of hydrogen-bond donors (Lipinski definition) is 1. The lowest BCUT2D eigenvalue weighted by Crippen LogP contribution is -2.27. The molecule has 1 N–H and O–H groups in total. The molecule has 0 atom stereocenters. The molecule has 1 heteroatoms. The molecule has 0 amide bonds. The van der Waals surface area contributed by atoms with Crippen molar-refractivity contribution in [2.75, 3.05) is 0 Å². The lowest BCUT2D eigenvalue weighted by atomic mass is 9.70. The van der Waals surface area contributed by atoms with Crippen molar-refractivity contribution in [3.8, 4) is 0 Å². The van der Waals surface area contributed by atoms with E-state index in [1.165, 1.54) is 57.8 Å². The van der Waals surface area contributed by atoms with Gasteiger partial charge in [0.15, 0.2) is 0 Å². The lowest BCUT2D eigenvalue weighted by molar-refractivity contribution is 0.0763. The summed E-state index contributed by atoms with van der Waals surface area (Å²) in [5, 5.41) is 9.56. The normalized spacial score (nSPS) is 39.2. The second-order valence-electron chi connectivity index (χ2n) is 6.49. The Balaban J connectivity index is 1.68. The van der Waals surface area contributed by atoms with Gasteiger partial charge in [-0.3, -0.25) is 0 Å². The summed E-state index contributed by atoms with van der Waals surface area (Å²) in [4.78, 5) is 0. The summed E-state index contributed by atoms with van der Waals surface area (Å²) in [6.45, 7) is 2.30. The Morgan fingerprint density at radius 1 is 0.824 bits per heavy atom. The van der Waals surface area contributed by atoms with Crippen LogP contribution < -0.4 is 0 Å². The van der Waals surface area contributed by atoms with Crippen molar-refractivity contribution in [2.24, 2.45) is 17.8 Å². The largest absolute Gasteiger partial charge is 0.393 e. The van der Waals surface area contributed by atoms with Gasteiger partial charge in [0.25, 0.3) is 0 Å². The fourth-order valence-corrected chi connectivity index (χ4v) is 4.01. The first-order chi connectivity index (χ1) is 8.29. The molecule has 0 aromatic rings. The van der Waals surface area contributed by atoms with Crippen LogP contribution in [0.25, 0.3) is 0 Å². The van der Waals surface area contributed by atoms with Gasteiger partial charge in [-0.05, 0) is 56.3 Å². The van der Waals surface area contributed by atoms with Crippen molar-refractivity contribution in [1.29, 1.82) is 0 Å². The zero-order valence-electron chi connectivity index (χ0n) is 11.5. The van der Waals surface area contributed by atoms with E-state index in [4.69, 9.17) is 0 Å². The number of aliphatic hydroxyl groups is 1. The predicted octanol–water partition coefficient (Wildman–Crippen LogP) is 4.53. The van der Waals surface area contributed by atoms with Crippen molar-refractivity contribution >= 4 is 0 Å². The zero-order valence-corrected chi connectivity index (χ0v) is 11.5. The van der Waals surface area contributed by atoms with Gasteiger partial charge >= 0.3 is 0 Å². The average molecular weight is 238 g/mol. The Morgan fingerprint density at radius 3 is 1.88 bits per heavy atom. The molecule has 0 radical (unpaired) electrons. The van der Waals surface area contributed by atoms with Crippen molar-refractivity contribution in [3.63, 3.8) is 0 Å². The third-order valence-electron chi connectivity index (χ3n) is 5.27. The quantitative estimate of drug-likeness (QED) is 0.762. The second-order valence-corrected chi connectivity index (χ2v) is 6.49. The van der Waals surface area contributed by atoms with Gasteiger partial charge in [-0.25, -0.2) is 0 Å². The van der Waals surface area contributed by atoms with Crippen LogP contribution in [0.3, 0.4) is 0 Å². The van der Waals surface area contributed by atoms with Crippen LogP contribution in [0, 0.1) is 17.8 Å². The summed E-state index contributed by atoms with van der Waals surface area (Å²) >= 11 is 0. The van der Waals surface area contributed by atoms with Crippen molar-refractivity contribution in [1.82, 2.24) is 0 Å². The molecule has 100 valence electrons. The Kier molecular flexibility index (Phi) is 5.34. The number of rotatable bonds is 4. The summed E-state index contributed by atoms with van der Waals surface area (Å²) in [5.41, 5.74) is 0. The van der Waals surface area contributed by atoms with E-state index in [9.17, 15) is 5.11 Å². The molecule has 2 fully saturated rings. The maximum Gasteiger partial charge on any atom is 0.0540 e. The average Bonchev–Trinajstić information content (AvgIpc) is 2.38. The van der Waals surface area contributed by atoms with E-state index in [1.807, 2.05) is 0 Å². The van der Waals surface area contributed by atoms with Gasteiger partial charge in [-0.2, -0.15) is 0 Å². The third kappa shape index (κ3) is 3.98. The van der Waals surface area contributed by atoms with E-state index in [0.717, 1.165) is 30.6 Å². The van der Waals surface area contributed by atoms with Crippen LogP contribution in [0.5, 0.6) is 0 Å². The molecule has 0 heterocycles. The third-order valence-corrected chi connectivity index (χ3v) is 5.27. The Morgan fingerprint density at radius 2 is 1.35 bits per heavy atom. The van der Waals surface area contributed by atoms with Crippen molar-refractivity contribution < 1.29 is 5.11 Å². The highest BCUT2D eigenvalue weighted by molar-refractivity contribution is 4.81. The van der Waals surface area contributed by atoms with E-state index in [2.05, 4.69) is 6.92 Å². The van der Waals surface area contributed by atoms with E-state index in [-0.39, 0.29) is 6.10 Å². The van der Waals surface area contributed by atoms with Crippen LogP contribution in [-0.4, -0.2) is 11.2 Å². The lowest BCUT2D eigenvalue weighted by Gasteiger charge is -2.37. The maximum absolute atomic E-state index is 9.56. The Hall–Kier alpha value is -0.0400. The first-order valence-electron chi connectivity index (χ1n) is 7.97. The predicted molar refractivity (Wildman–Crippen MR) is 72.9 cm³/mol. The number of hydrogen-bond acceptors (Lipinski definition) is 1. The van der Waals surface area contributed by atoms with Crippen LogP contribution >= 0.6 is 0 Å². The summed E-state index contributed by atoms with van der Waals surface area (Å²) in [7, 11) is 0. The van der Waals surface area contributed by atoms with Crippen LogP contribution in [-0.2, 0) is 0 Å². The van der Waals surface area contributed by atoms with Gasteiger partial charge in [-0.1, -0.05) is 39.0 Å². The monoisotopic (exact) mass is 238 g/mol. The Labute approximate surface area is 107 Å². The summed E-state index contributed by atoms with van der Waals surface area (Å²) < 4.78 is 0. The van der Waals surface area contributed by atoms with Crippen LogP contribution in [0.15, 0.2) is 0 Å². The second kappa shape index (κ2) is 6.78. The van der Waals surface area contributed by atoms with E-state index < -0.39 is 0 Å². The Bertz CT molecular complexity index is 198. The molecular formula is C16H30O. The molecule has 2 saturated carbocycles. The van der Waals surface area contributed by atoms with Crippen LogP contribution in [0.4, 0.5) is 0 Å². The highest BCUT2D eigenvalue weighted by Gasteiger charge is 2.29. The number of unbranched alkanes of at least 4 members (excludes halogenated alkanes) is 1. The van der Waals surface area contributed by atoms with Gasteiger partial charge in [0, 0.05) is 0 Å². The van der Waals surface area contributed by atoms with Gasteiger partial charge in [0.2, 0.25) is 0 Å². The molecule has 2 aliphatic rings. The standard InChI is InChI=1S/C16H30O/c1-2-3-4-13-5-7-14(8-6-13)15-9-11-16(17)12-10-15/h13-17H,2-12H2,1H3/t13-,14-,15-,16-. The fraction of sp³-hybridized carbons (Fsp3) is 1.00. The number of aliphatic hydroxyl groups excluding tert-OH is 1. The molecule has 0 saturated heterocycles. The maximum atomic E-state index is 9.56. The van der Waals surface area contributed by atoms with Crippen molar-refractivity contribution in [3.05, 3.63) is 0 Å². The first kappa shape index (κ1) is 13.4. The van der Waals surface area contributed by atoms with Crippen molar-refractivity contribution in [2.45, 2.75) is 83.7 Å². The molecule has 17 heavy (non-hydrogen) atoms. The molecule has 0 spiro atoms. The van der Waals surface area contributed by atoms with Gasteiger partial charge in [0.05, 0.1) is 6.10 Å². The van der Waals surface area contributed by atoms with Crippen LogP contribution in [0.1, 0.15) is 77.6 Å². The van der Waals surface area contributed by atoms with Gasteiger partial charge in [0.1, 0.15) is 0 Å². The zero-order chi connectivity index (χ0) is 12.1. The molecule has 0 bridgehead atoms. The first-order valence-corrected chi connectivity index (χ1v) is 7.97. The minimum atomic E-state index is 0.0205. The molecule has 0 aliphatic heterocycles. The SMILES string of the molecule is CCCC[C@H]1CC[C@H]([C@H]2CC[C@H](O)CC2)CC1. The topological polar surface area (TPSA) is 20.2 Å². The summed E-state index contributed by atoms with van der Waals surface area (Å²) in [6, 6.07) is 0. The molecule has 2 aliphatic carbocycles. The van der Waals surface area contributed by atoms with E-state index in [0.29, 0.717) is 0 Å². The smallest absolute Gasteiger partial charge is 0.0540 e. The van der Waals surface area contributed by atoms with E-state index in [1.54, 1.807) is 0 Å². The molecule has 1 nitrogen and oxygen atoms in total. The highest BCUT2D eigenvalue weighted by atomic mass is 16.3. The van der Waals surface area contributed by atoms with Crippen LogP contribution in [0.2, 0.25) is 0 Å². The van der Waals surface area contributed by atoms with Gasteiger partial charge in [-0.15, -0.1) is 0 Å². The molecule has 0 unspecified atom stereocenters. The minimum absolute atomic E-state index is 0.0205. The molecule has 2 rings (SSSR count).